The van der Waals surface area contributed by atoms with Gasteiger partial charge in [0.15, 0.2) is 6.61 Å². The number of carbonyl (C=O) groups excluding carboxylic acids is 1. The molecule has 0 aliphatic rings. The highest BCUT2D eigenvalue weighted by atomic mass is 35.5. The number of hydrogen-bond acceptors (Lipinski definition) is 3. The van der Waals surface area contributed by atoms with Gasteiger partial charge in [-0.25, -0.2) is 0 Å². The van der Waals surface area contributed by atoms with Gasteiger partial charge in [0.05, 0.1) is 0 Å². The second kappa shape index (κ2) is 9.10. The van der Waals surface area contributed by atoms with Crippen LogP contribution in [0, 0.1) is 6.92 Å². The first-order valence-corrected chi connectivity index (χ1v) is 9.04. The van der Waals surface area contributed by atoms with E-state index in [0.29, 0.717) is 17.3 Å². The molecule has 0 aliphatic heterocycles. The van der Waals surface area contributed by atoms with Gasteiger partial charge in [-0.15, -0.1) is 0 Å². The number of aryl methyl sites for hydroxylation is 1. The molecule has 0 aliphatic carbocycles. The summed E-state index contributed by atoms with van der Waals surface area (Å²) in [5.41, 5.74) is 3.79. The van der Waals surface area contributed by atoms with E-state index in [1.54, 1.807) is 0 Å². The van der Waals surface area contributed by atoms with Gasteiger partial charge in [0.1, 0.15) is 5.75 Å². The van der Waals surface area contributed by atoms with E-state index in [0.717, 1.165) is 22.5 Å². The minimum Gasteiger partial charge on any atom is -0.483 e. The Kier molecular flexibility index (Phi) is 6.34. The predicted molar refractivity (Wildman–Crippen MR) is 111 cm³/mol. The highest BCUT2D eigenvalue weighted by Crippen LogP contribution is 2.20. The van der Waals surface area contributed by atoms with Crippen LogP contribution in [-0.4, -0.2) is 12.5 Å². The summed E-state index contributed by atoms with van der Waals surface area (Å²) >= 11 is 5.91. The number of para-hydroxylation sites is 1. The smallest absolute Gasteiger partial charge is 0.262 e. The van der Waals surface area contributed by atoms with E-state index < -0.39 is 0 Å². The van der Waals surface area contributed by atoms with Gasteiger partial charge >= 0.3 is 0 Å². The van der Waals surface area contributed by atoms with Crippen molar-refractivity contribution in [1.29, 1.82) is 0 Å². The van der Waals surface area contributed by atoms with Gasteiger partial charge in [-0.3, -0.25) is 4.79 Å². The van der Waals surface area contributed by atoms with Gasteiger partial charge < -0.3 is 15.4 Å². The lowest BCUT2D eigenvalue weighted by atomic mass is 10.2. The van der Waals surface area contributed by atoms with E-state index in [2.05, 4.69) is 10.6 Å². The van der Waals surface area contributed by atoms with Crippen LogP contribution in [-0.2, 0) is 11.3 Å². The molecule has 0 atom stereocenters. The monoisotopic (exact) mass is 380 g/mol. The standard InChI is InChI=1S/C22H21ClN2O2/c1-16-5-4-7-20(13-16)25-22(26)15-27-21-8-3-2-6-17(21)14-24-19-11-9-18(23)10-12-19/h2-13,24H,14-15H2,1H3,(H,25,26). The molecule has 0 saturated carbocycles. The molecule has 1 amide bonds. The molecule has 0 heterocycles. The average molecular weight is 381 g/mol. The highest BCUT2D eigenvalue weighted by molar-refractivity contribution is 6.30. The summed E-state index contributed by atoms with van der Waals surface area (Å²) in [6.07, 6.45) is 0. The van der Waals surface area contributed by atoms with Crippen LogP contribution < -0.4 is 15.4 Å². The number of rotatable bonds is 7. The molecule has 27 heavy (non-hydrogen) atoms. The maximum absolute atomic E-state index is 12.2. The first kappa shape index (κ1) is 18.8. The molecule has 138 valence electrons. The van der Waals surface area contributed by atoms with E-state index >= 15 is 0 Å². The zero-order valence-electron chi connectivity index (χ0n) is 15.0. The average Bonchev–Trinajstić information content (AvgIpc) is 2.66. The highest BCUT2D eigenvalue weighted by Gasteiger charge is 2.07. The molecule has 0 fully saturated rings. The fraction of sp³-hybridized carbons (Fsp3) is 0.136. The van der Waals surface area contributed by atoms with Gasteiger partial charge in [-0.1, -0.05) is 41.9 Å². The zero-order valence-corrected chi connectivity index (χ0v) is 15.8. The number of carbonyl (C=O) groups is 1. The van der Waals surface area contributed by atoms with Crippen molar-refractivity contribution in [2.45, 2.75) is 13.5 Å². The summed E-state index contributed by atoms with van der Waals surface area (Å²) in [7, 11) is 0. The second-order valence-electron chi connectivity index (χ2n) is 6.17. The molecule has 0 unspecified atom stereocenters. The number of amides is 1. The van der Waals surface area contributed by atoms with Crippen LogP contribution in [0.15, 0.2) is 72.8 Å². The summed E-state index contributed by atoms with van der Waals surface area (Å²) in [4.78, 5) is 12.2. The van der Waals surface area contributed by atoms with Crippen molar-refractivity contribution in [3.8, 4) is 5.75 Å². The molecule has 4 nitrogen and oxygen atoms in total. The van der Waals surface area contributed by atoms with E-state index in [1.165, 1.54) is 0 Å². The molecule has 0 bridgehead atoms. The van der Waals surface area contributed by atoms with Crippen molar-refractivity contribution in [2.24, 2.45) is 0 Å². The lowest BCUT2D eigenvalue weighted by Gasteiger charge is -2.13. The quantitative estimate of drug-likeness (QED) is 0.586. The Hall–Kier alpha value is -2.98. The first-order valence-electron chi connectivity index (χ1n) is 8.67. The third kappa shape index (κ3) is 5.76. The molecule has 3 aromatic rings. The molecule has 5 heteroatoms. The Morgan fingerprint density at radius 1 is 0.963 bits per heavy atom. The number of nitrogens with one attached hydrogen (secondary N) is 2. The van der Waals surface area contributed by atoms with Crippen LogP contribution in [0.4, 0.5) is 11.4 Å². The summed E-state index contributed by atoms with van der Waals surface area (Å²) in [6.45, 7) is 2.51. The third-order valence-corrected chi connectivity index (χ3v) is 4.21. The Morgan fingerprint density at radius 2 is 1.74 bits per heavy atom. The Bertz CT molecular complexity index is 910. The molecule has 0 radical (unpaired) electrons. The number of benzene rings is 3. The van der Waals surface area contributed by atoms with Crippen molar-refractivity contribution in [3.05, 3.63) is 88.9 Å². The largest absolute Gasteiger partial charge is 0.483 e. The first-order chi connectivity index (χ1) is 13.1. The fourth-order valence-electron chi connectivity index (χ4n) is 2.62. The van der Waals surface area contributed by atoms with Gasteiger partial charge in [-0.2, -0.15) is 0 Å². The number of hydrogen-bond donors (Lipinski definition) is 2. The SMILES string of the molecule is Cc1cccc(NC(=O)COc2ccccc2CNc2ccc(Cl)cc2)c1. The zero-order chi connectivity index (χ0) is 19.1. The fourth-order valence-corrected chi connectivity index (χ4v) is 2.74. The van der Waals surface area contributed by atoms with Gasteiger partial charge in [-0.05, 0) is 55.0 Å². The van der Waals surface area contributed by atoms with Crippen LogP contribution >= 0.6 is 11.6 Å². The van der Waals surface area contributed by atoms with E-state index in [9.17, 15) is 4.79 Å². The predicted octanol–water partition coefficient (Wildman–Crippen LogP) is 5.28. The van der Waals surface area contributed by atoms with Gasteiger partial charge in [0.25, 0.3) is 5.91 Å². The van der Waals surface area contributed by atoms with Crippen molar-refractivity contribution in [3.63, 3.8) is 0 Å². The Balaban J connectivity index is 1.57. The maximum Gasteiger partial charge on any atom is 0.262 e. The lowest BCUT2D eigenvalue weighted by molar-refractivity contribution is -0.118. The minimum absolute atomic E-state index is 0.0497. The Morgan fingerprint density at radius 3 is 2.52 bits per heavy atom. The van der Waals surface area contributed by atoms with Crippen LogP contribution in [0.2, 0.25) is 5.02 Å². The molecule has 3 rings (SSSR count). The molecule has 0 spiro atoms. The number of halogens is 1. The van der Waals surface area contributed by atoms with E-state index in [-0.39, 0.29) is 12.5 Å². The van der Waals surface area contributed by atoms with Crippen LogP contribution in [0.3, 0.4) is 0 Å². The van der Waals surface area contributed by atoms with Crippen molar-refractivity contribution in [1.82, 2.24) is 0 Å². The van der Waals surface area contributed by atoms with Crippen LogP contribution in [0.25, 0.3) is 0 Å². The van der Waals surface area contributed by atoms with Crippen LogP contribution in [0.1, 0.15) is 11.1 Å². The van der Waals surface area contributed by atoms with Gasteiger partial charge in [0, 0.05) is 28.5 Å². The van der Waals surface area contributed by atoms with Crippen molar-refractivity contribution < 1.29 is 9.53 Å². The lowest BCUT2D eigenvalue weighted by Crippen LogP contribution is -2.20. The normalized spacial score (nSPS) is 10.3. The molecule has 0 saturated heterocycles. The summed E-state index contributed by atoms with van der Waals surface area (Å²) < 4.78 is 5.74. The minimum atomic E-state index is -0.193. The topological polar surface area (TPSA) is 50.4 Å². The van der Waals surface area contributed by atoms with E-state index in [4.69, 9.17) is 16.3 Å². The summed E-state index contributed by atoms with van der Waals surface area (Å²) in [5, 5.41) is 6.86. The van der Waals surface area contributed by atoms with Crippen molar-refractivity contribution >= 4 is 28.9 Å². The van der Waals surface area contributed by atoms with Gasteiger partial charge in [0.2, 0.25) is 0 Å². The molecular formula is C22H21ClN2O2. The molecule has 3 aromatic carbocycles. The number of ether oxygens (including phenoxy) is 1. The third-order valence-electron chi connectivity index (χ3n) is 3.96. The second-order valence-corrected chi connectivity index (χ2v) is 6.61. The molecule has 0 aromatic heterocycles. The van der Waals surface area contributed by atoms with E-state index in [1.807, 2.05) is 79.7 Å². The van der Waals surface area contributed by atoms with Crippen molar-refractivity contribution in [2.75, 3.05) is 17.2 Å². The molecule has 2 N–H and O–H groups in total. The maximum atomic E-state index is 12.2. The molecular weight excluding hydrogens is 360 g/mol. The Labute approximate surface area is 164 Å². The number of anilines is 2. The summed E-state index contributed by atoms with van der Waals surface area (Å²) in [6, 6.07) is 22.8. The summed E-state index contributed by atoms with van der Waals surface area (Å²) in [5.74, 6) is 0.486. The van der Waals surface area contributed by atoms with Crippen LogP contribution in [0.5, 0.6) is 5.75 Å².